The topological polar surface area (TPSA) is 289 Å². The molecule has 3 amide bonds. The van der Waals surface area contributed by atoms with E-state index >= 15 is 0 Å². The summed E-state index contributed by atoms with van der Waals surface area (Å²) < 4.78 is 96.4. The van der Waals surface area contributed by atoms with Gasteiger partial charge in [0.15, 0.2) is 34.9 Å². The number of piperazine rings is 3. The number of likely N-dealkylation sites (N-methyl/N-ethyl adjacent to an activating group) is 1. The minimum atomic E-state index is -0.377. The van der Waals surface area contributed by atoms with Crippen LogP contribution in [0.1, 0.15) is 19.3 Å². The molecule has 5 fully saturated rings. The zero-order chi connectivity index (χ0) is 85.5. The van der Waals surface area contributed by atoms with E-state index < -0.39 is 0 Å². The van der Waals surface area contributed by atoms with Gasteiger partial charge >= 0.3 is 0 Å². The van der Waals surface area contributed by atoms with E-state index in [-0.39, 0.29) is 78.4 Å². The number of halogens is 6. The van der Waals surface area contributed by atoms with Crippen molar-refractivity contribution in [1.29, 1.82) is 0 Å². The fraction of sp³-hybridized carbons (Fsp3) is 0.345. The normalized spacial score (nSPS) is 15.7. The molecule has 6 aromatic heterocycles. The summed E-state index contributed by atoms with van der Waals surface area (Å²) in [5.74, 6) is 5.27. The van der Waals surface area contributed by atoms with Gasteiger partial charge in [0.2, 0.25) is 17.7 Å². The minimum absolute atomic E-state index is 0.0335. The maximum Gasteiger partial charge on any atom is 0.244 e. The number of rotatable bonds is 23. The highest BCUT2D eigenvalue weighted by Crippen LogP contribution is 2.31. The molecule has 1 N–H and O–H groups in total. The number of aromatic nitrogens is 15. The Morgan fingerprint density at radius 2 is 0.699 bits per heavy atom. The van der Waals surface area contributed by atoms with Gasteiger partial charge in [-0.2, -0.15) is 0 Å². The van der Waals surface area contributed by atoms with Crippen LogP contribution in [-0.4, -0.2) is 264 Å². The molecule has 36 heteroatoms. The average molecular weight is 1680 g/mol. The second-order valence-corrected chi connectivity index (χ2v) is 30.3. The van der Waals surface area contributed by atoms with Gasteiger partial charge in [0, 0.05) is 190 Å². The molecule has 0 bridgehead atoms. The quantitative estimate of drug-likeness (QED) is 0.0583. The van der Waals surface area contributed by atoms with Gasteiger partial charge in [0.05, 0.1) is 19.3 Å². The zero-order valence-electron chi connectivity index (χ0n) is 68.1. The molecule has 12 aromatic rings. The van der Waals surface area contributed by atoms with Gasteiger partial charge < -0.3 is 58.7 Å². The lowest BCUT2D eigenvalue weighted by atomic mass is 10.1. The zero-order valence-corrected chi connectivity index (χ0v) is 68.1. The van der Waals surface area contributed by atoms with Crippen molar-refractivity contribution in [2.24, 2.45) is 5.92 Å². The summed E-state index contributed by atoms with van der Waals surface area (Å²) in [5, 5.41) is 23.5. The van der Waals surface area contributed by atoms with Crippen molar-refractivity contribution in [3.63, 3.8) is 0 Å². The van der Waals surface area contributed by atoms with Crippen LogP contribution >= 0.6 is 0 Å². The van der Waals surface area contributed by atoms with Crippen molar-refractivity contribution in [2.45, 2.75) is 45.0 Å². The Morgan fingerprint density at radius 3 is 1.02 bits per heavy atom. The van der Waals surface area contributed by atoms with Gasteiger partial charge in [-0.05, 0) is 165 Å². The number of ether oxygens (including phenoxy) is 2. The molecule has 1 unspecified atom stereocenters. The van der Waals surface area contributed by atoms with Gasteiger partial charge in [-0.25, -0.2) is 85.2 Å². The van der Waals surface area contributed by atoms with Crippen LogP contribution in [0.2, 0.25) is 0 Å². The number of hydrogen-bond donors (Lipinski definition) is 1. The standard InChI is InChI=1S/C30H32F2N8O2.C29H30F2N8O2.C28H30F2N8O2/c1-37(17-21-10-15-42-19-21)26-16-27(34-20-33-26)38-11-13-39(14-12-38)28(41)18-40-30(23-4-8-25(32)9-5-23)35-29(36-40)22-2-6-24(31)7-3-22;30-22-5-1-20(2-6-22)28-34-29(21-3-7-23(31)8-4-21)39(35-28)18-27(41)38-15-13-37(14-16-38)26-17-25(32-19-33-26)36-11-9-24(40)10-12-36;1-35(15-16-40-2)24-17-25(32-19-31-24)36-11-13-37(14-12-36)26(39)18-38-28(21-5-9-23(30)10-6-21)33-27(34-38)20-3-7-22(29)8-4-20/h2-9,16,20-21H,10-15,17-19H2,1H3;1-8,17,19,24,40H,9-16,18H2;3-10,17,19H,11-16,18H2,1-2H3. The van der Waals surface area contributed by atoms with Crippen LogP contribution in [0.3, 0.4) is 0 Å². The predicted molar refractivity (Wildman–Crippen MR) is 450 cm³/mol. The molecular weight excluding hydrogens is 1590 g/mol. The largest absolute Gasteiger partial charge is 0.393 e. The number of aliphatic hydroxyl groups is 1. The van der Waals surface area contributed by atoms with Crippen LogP contribution in [0, 0.1) is 40.8 Å². The maximum atomic E-state index is 13.6. The van der Waals surface area contributed by atoms with E-state index in [1.165, 1.54) is 86.8 Å². The molecular formula is C87H92F6N24O6. The number of anilines is 6. The smallest absolute Gasteiger partial charge is 0.244 e. The van der Waals surface area contributed by atoms with Gasteiger partial charge in [0.25, 0.3) is 0 Å². The summed E-state index contributed by atoms with van der Waals surface area (Å²) in [6.07, 6.45) is 6.95. The van der Waals surface area contributed by atoms with Crippen LogP contribution < -0.4 is 29.4 Å². The third-order valence-electron chi connectivity index (χ3n) is 22.0. The first-order chi connectivity index (χ1) is 59.8. The van der Waals surface area contributed by atoms with Crippen molar-refractivity contribution in [2.75, 3.05) is 175 Å². The summed E-state index contributed by atoms with van der Waals surface area (Å²) in [4.78, 5) is 98.7. The Labute approximate surface area is 705 Å². The van der Waals surface area contributed by atoms with E-state index in [4.69, 9.17) is 9.47 Å². The van der Waals surface area contributed by atoms with E-state index in [9.17, 15) is 45.8 Å². The van der Waals surface area contributed by atoms with E-state index in [2.05, 4.69) is 84.7 Å². The van der Waals surface area contributed by atoms with E-state index in [1.54, 1.807) is 114 Å². The highest BCUT2D eigenvalue weighted by atomic mass is 19.1. The van der Waals surface area contributed by atoms with E-state index in [0.717, 1.165) is 87.0 Å². The van der Waals surface area contributed by atoms with Crippen LogP contribution in [0.5, 0.6) is 0 Å². The third kappa shape index (κ3) is 21.5. The first-order valence-corrected chi connectivity index (χ1v) is 40.6. The molecule has 5 saturated heterocycles. The number of carbonyl (C=O) groups is 3. The molecule has 17 rings (SSSR count). The molecule has 0 aliphatic carbocycles. The average Bonchev–Trinajstić information content (AvgIpc) is 1.66. The number of methoxy groups -OCH3 is 1. The summed E-state index contributed by atoms with van der Waals surface area (Å²) in [5.41, 5.74) is 3.70. The Balaban J connectivity index is 0.000000143. The molecule has 11 heterocycles. The number of benzene rings is 6. The maximum absolute atomic E-state index is 13.6. The van der Waals surface area contributed by atoms with Gasteiger partial charge in [-0.15, -0.1) is 15.3 Å². The Bertz CT molecular complexity index is 5530. The molecule has 123 heavy (non-hydrogen) atoms. The Kier molecular flexibility index (Phi) is 27.2. The number of nitrogens with zero attached hydrogens (tertiary/aromatic N) is 24. The van der Waals surface area contributed by atoms with E-state index in [1.807, 2.05) is 37.2 Å². The number of piperidine rings is 1. The second-order valence-electron chi connectivity index (χ2n) is 30.3. The fourth-order valence-electron chi connectivity index (χ4n) is 15.0. The van der Waals surface area contributed by atoms with Crippen molar-refractivity contribution >= 4 is 52.6 Å². The summed E-state index contributed by atoms with van der Waals surface area (Å²) in [6, 6.07) is 41.0. The van der Waals surface area contributed by atoms with Crippen molar-refractivity contribution in [1.82, 2.24) is 88.9 Å². The second kappa shape index (κ2) is 39.5. The lowest BCUT2D eigenvalue weighted by Crippen LogP contribution is -2.50. The lowest BCUT2D eigenvalue weighted by molar-refractivity contribution is -0.133. The number of amides is 3. The predicted octanol–water partition coefficient (Wildman–Crippen LogP) is 9.60. The highest BCUT2D eigenvalue weighted by molar-refractivity contribution is 5.79. The lowest BCUT2D eigenvalue weighted by Gasteiger charge is -2.36. The van der Waals surface area contributed by atoms with Gasteiger partial charge in [-0.1, -0.05) is 0 Å². The van der Waals surface area contributed by atoms with Gasteiger partial charge in [-0.3, -0.25) is 14.4 Å². The van der Waals surface area contributed by atoms with Crippen LogP contribution in [0.15, 0.2) is 183 Å². The summed E-state index contributed by atoms with van der Waals surface area (Å²) >= 11 is 0. The summed E-state index contributed by atoms with van der Waals surface area (Å²) in [7, 11) is 5.65. The van der Waals surface area contributed by atoms with E-state index in [0.29, 0.717) is 166 Å². The fourth-order valence-corrected chi connectivity index (χ4v) is 15.0. The molecule has 0 saturated carbocycles. The molecule has 30 nitrogen and oxygen atoms in total. The molecule has 0 radical (unpaired) electrons. The van der Waals surface area contributed by atoms with Crippen molar-refractivity contribution in [3.8, 4) is 68.3 Å². The molecule has 1 atom stereocenters. The summed E-state index contributed by atoms with van der Waals surface area (Å²) in [6.45, 7) is 12.0. The number of aliphatic hydroxyl groups excluding tert-OH is 1. The SMILES string of the molecule is CN(CC1CCOC1)c1cc(N2CCN(C(=O)Cn3nc(-c4ccc(F)cc4)nc3-c3ccc(F)cc3)CC2)ncn1.COCCN(C)c1cc(N2CCN(C(=O)Cn3nc(-c4ccc(F)cc4)nc3-c3ccc(F)cc3)CC2)ncn1.O=C(Cn1nc(-c2ccc(F)cc2)nc1-c1ccc(F)cc1)N1CCN(c2cc(N3CCC(O)CC3)ncn2)CC1. The Morgan fingerprint density at radius 1 is 0.398 bits per heavy atom. The Hall–Kier alpha value is -13.4. The van der Waals surface area contributed by atoms with Gasteiger partial charge in [0.1, 0.15) is 108 Å². The first kappa shape index (κ1) is 84.7. The highest BCUT2D eigenvalue weighted by Gasteiger charge is 2.31. The molecule has 0 spiro atoms. The molecule has 638 valence electrons. The first-order valence-electron chi connectivity index (χ1n) is 40.6. The van der Waals surface area contributed by atoms with Crippen LogP contribution in [0.25, 0.3) is 68.3 Å². The van der Waals surface area contributed by atoms with Crippen LogP contribution in [0.4, 0.5) is 61.2 Å². The molecule has 6 aromatic carbocycles. The van der Waals surface area contributed by atoms with Crippen LogP contribution in [-0.2, 0) is 43.5 Å². The minimum Gasteiger partial charge on any atom is -0.393 e. The third-order valence-corrected chi connectivity index (χ3v) is 22.0. The molecule has 5 aliphatic heterocycles. The molecule has 5 aliphatic rings. The van der Waals surface area contributed by atoms with Crippen molar-refractivity contribution in [3.05, 3.63) is 218 Å². The number of hydrogen-bond acceptors (Lipinski definition) is 24. The monoisotopic (exact) mass is 1680 g/mol. The number of carbonyl (C=O) groups excluding carboxylic acids is 3. The van der Waals surface area contributed by atoms with Crippen molar-refractivity contribution < 1.29 is 55.3 Å².